The molecule has 0 saturated heterocycles. The summed E-state index contributed by atoms with van der Waals surface area (Å²) in [7, 11) is 1.86. The van der Waals surface area contributed by atoms with E-state index in [0.29, 0.717) is 13.0 Å². The Morgan fingerprint density at radius 3 is 2.77 bits per heavy atom. The largest absolute Gasteiger partial charge is 0.352 e. The summed E-state index contributed by atoms with van der Waals surface area (Å²) in [4.78, 5) is 18.2. The van der Waals surface area contributed by atoms with Crippen LogP contribution in [-0.2, 0) is 11.2 Å². The first kappa shape index (κ1) is 16.4. The van der Waals surface area contributed by atoms with Crippen LogP contribution in [0.15, 0.2) is 30.3 Å². The summed E-state index contributed by atoms with van der Waals surface area (Å²) in [5.74, 6) is 0.803. The number of nitrogens with zero attached hydrogens (tertiary/aromatic N) is 3. The van der Waals surface area contributed by atoms with Crippen molar-refractivity contribution in [2.45, 2.75) is 32.7 Å². The van der Waals surface area contributed by atoms with Gasteiger partial charge in [-0.05, 0) is 18.9 Å². The zero-order valence-electron chi connectivity index (χ0n) is 13.2. The van der Waals surface area contributed by atoms with Gasteiger partial charge in [-0.25, -0.2) is 4.98 Å². The number of anilines is 1. The van der Waals surface area contributed by atoms with Crippen LogP contribution in [0, 0.1) is 0 Å². The molecule has 5 nitrogen and oxygen atoms in total. The van der Waals surface area contributed by atoms with Gasteiger partial charge in [0.15, 0.2) is 0 Å². The third kappa shape index (κ3) is 4.80. The van der Waals surface area contributed by atoms with Crippen LogP contribution in [0.5, 0.6) is 0 Å². The van der Waals surface area contributed by atoms with Crippen LogP contribution < -0.4 is 10.2 Å². The summed E-state index contributed by atoms with van der Waals surface area (Å²) in [5, 5.41) is 3.72. The van der Waals surface area contributed by atoms with E-state index in [1.165, 1.54) is 17.1 Å². The lowest BCUT2D eigenvalue weighted by molar-refractivity contribution is -0.120. The van der Waals surface area contributed by atoms with Gasteiger partial charge in [0, 0.05) is 31.0 Å². The number of amides is 1. The highest BCUT2D eigenvalue weighted by atomic mass is 32.1. The summed E-state index contributed by atoms with van der Waals surface area (Å²) in [6, 6.07) is 10.3. The van der Waals surface area contributed by atoms with Crippen molar-refractivity contribution < 1.29 is 4.79 Å². The van der Waals surface area contributed by atoms with Crippen molar-refractivity contribution >= 4 is 22.6 Å². The highest BCUT2D eigenvalue weighted by Crippen LogP contribution is 2.17. The fraction of sp³-hybridized carbons (Fsp3) is 0.438. The number of likely N-dealkylation sites (N-methyl/N-ethyl adjacent to an activating group) is 1. The molecule has 1 atom stereocenters. The molecule has 0 aliphatic heterocycles. The van der Waals surface area contributed by atoms with E-state index in [2.05, 4.69) is 33.7 Å². The van der Waals surface area contributed by atoms with E-state index in [1.807, 2.05) is 37.1 Å². The maximum atomic E-state index is 11.9. The molecule has 22 heavy (non-hydrogen) atoms. The Morgan fingerprint density at radius 1 is 1.36 bits per heavy atom. The first-order valence-corrected chi connectivity index (χ1v) is 8.22. The van der Waals surface area contributed by atoms with Crippen molar-refractivity contribution in [2.24, 2.45) is 0 Å². The Balaban J connectivity index is 1.91. The molecule has 6 heteroatoms. The van der Waals surface area contributed by atoms with Gasteiger partial charge < -0.3 is 10.2 Å². The van der Waals surface area contributed by atoms with Crippen molar-refractivity contribution in [2.75, 3.05) is 18.5 Å². The maximum Gasteiger partial charge on any atom is 0.239 e. The Hall–Kier alpha value is -1.95. The fourth-order valence-electron chi connectivity index (χ4n) is 1.96. The van der Waals surface area contributed by atoms with E-state index in [1.54, 1.807) is 0 Å². The van der Waals surface area contributed by atoms with Crippen LogP contribution in [0.1, 0.15) is 31.7 Å². The zero-order chi connectivity index (χ0) is 15.9. The predicted octanol–water partition coefficient (Wildman–Crippen LogP) is 2.48. The highest BCUT2D eigenvalue weighted by Gasteiger charge is 2.13. The van der Waals surface area contributed by atoms with Gasteiger partial charge >= 0.3 is 0 Å². The maximum absolute atomic E-state index is 11.9. The molecule has 2 rings (SSSR count). The molecule has 1 aromatic heterocycles. The number of carbonyl (C=O) groups excluding carboxylic acids is 1. The molecule has 0 unspecified atom stereocenters. The average Bonchev–Trinajstić information content (AvgIpc) is 2.96. The van der Waals surface area contributed by atoms with E-state index in [0.717, 1.165) is 17.4 Å². The number of hydrogen-bond acceptors (Lipinski definition) is 5. The summed E-state index contributed by atoms with van der Waals surface area (Å²) in [6.07, 6.45) is 1.64. The van der Waals surface area contributed by atoms with E-state index >= 15 is 0 Å². The molecule has 0 radical (unpaired) electrons. The van der Waals surface area contributed by atoms with Crippen LogP contribution in [0.25, 0.3) is 0 Å². The lowest BCUT2D eigenvalue weighted by Gasteiger charge is -2.17. The molecular weight excluding hydrogens is 296 g/mol. The second-order valence-corrected chi connectivity index (χ2v) is 6.12. The van der Waals surface area contributed by atoms with Crippen LogP contribution >= 0.6 is 11.5 Å². The van der Waals surface area contributed by atoms with Crippen molar-refractivity contribution in [1.82, 2.24) is 14.7 Å². The Labute approximate surface area is 135 Å². The topological polar surface area (TPSA) is 58.1 Å². The Morgan fingerprint density at radius 2 is 2.09 bits per heavy atom. The summed E-state index contributed by atoms with van der Waals surface area (Å²) in [6.45, 7) is 4.35. The predicted molar refractivity (Wildman–Crippen MR) is 90.3 cm³/mol. The Kier molecular flexibility index (Phi) is 5.89. The molecule has 1 heterocycles. The van der Waals surface area contributed by atoms with Crippen LogP contribution in [0.4, 0.5) is 5.13 Å². The van der Waals surface area contributed by atoms with E-state index in [9.17, 15) is 4.79 Å². The molecule has 0 spiro atoms. The van der Waals surface area contributed by atoms with Gasteiger partial charge in [0.25, 0.3) is 0 Å². The van der Waals surface area contributed by atoms with Crippen LogP contribution in [0.3, 0.4) is 0 Å². The number of aromatic nitrogens is 2. The second-order valence-electron chi connectivity index (χ2n) is 5.39. The number of rotatable bonds is 7. The third-order valence-electron chi connectivity index (χ3n) is 3.39. The van der Waals surface area contributed by atoms with Crippen molar-refractivity contribution in [3.8, 4) is 0 Å². The molecule has 0 aliphatic rings. The molecule has 0 aliphatic carbocycles. The Bertz CT molecular complexity index is 599. The van der Waals surface area contributed by atoms with E-state index in [-0.39, 0.29) is 11.9 Å². The summed E-state index contributed by atoms with van der Waals surface area (Å²) >= 11 is 1.33. The summed E-state index contributed by atoms with van der Waals surface area (Å²) < 4.78 is 4.37. The molecule has 1 aromatic carbocycles. The fourth-order valence-corrected chi connectivity index (χ4v) is 2.60. The van der Waals surface area contributed by atoms with E-state index in [4.69, 9.17) is 0 Å². The third-order valence-corrected chi connectivity index (χ3v) is 4.26. The number of benzene rings is 1. The van der Waals surface area contributed by atoms with Gasteiger partial charge in [-0.1, -0.05) is 37.3 Å². The lowest BCUT2D eigenvalue weighted by Crippen LogP contribution is -2.39. The number of hydrogen-bond donors (Lipinski definition) is 1. The van der Waals surface area contributed by atoms with E-state index < -0.39 is 0 Å². The van der Waals surface area contributed by atoms with Gasteiger partial charge in [0.05, 0.1) is 6.54 Å². The van der Waals surface area contributed by atoms with Gasteiger partial charge in [-0.3, -0.25) is 4.79 Å². The molecule has 0 bridgehead atoms. The summed E-state index contributed by atoms with van der Waals surface area (Å²) in [5.41, 5.74) is 1.18. The SMILES string of the molecule is CC[C@@H](C)NC(=O)CN(C)c1nc(Cc2ccccc2)ns1. The van der Waals surface area contributed by atoms with Gasteiger partial charge in [-0.15, -0.1) is 0 Å². The number of nitrogens with one attached hydrogen (secondary N) is 1. The van der Waals surface area contributed by atoms with Gasteiger partial charge in [-0.2, -0.15) is 4.37 Å². The quantitative estimate of drug-likeness (QED) is 0.852. The minimum atomic E-state index is 0.0108. The molecule has 118 valence electrons. The molecular formula is C16H22N4OS. The van der Waals surface area contributed by atoms with Crippen molar-refractivity contribution in [1.29, 1.82) is 0 Å². The first-order valence-electron chi connectivity index (χ1n) is 7.45. The zero-order valence-corrected chi connectivity index (χ0v) is 14.1. The van der Waals surface area contributed by atoms with Gasteiger partial charge in [0.1, 0.15) is 5.82 Å². The minimum absolute atomic E-state index is 0.0108. The lowest BCUT2D eigenvalue weighted by atomic mass is 10.1. The van der Waals surface area contributed by atoms with Crippen LogP contribution in [0.2, 0.25) is 0 Å². The highest BCUT2D eigenvalue weighted by molar-refractivity contribution is 7.09. The normalized spacial score (nSPS) is 12.0. The molecule has 1 amide bonds. The molecule has 0 saturated carbocycles. The number of carbonyl (C=O) groups is 1. The molecule has 1 N–H and O–H groups in total. The smallest absolute Gasteiger partial charge is 0.239 e. The van der Waals surface area contributed by atoms with Gasteiger partial charge in [0.2, 0.25) is 11.0 Å². The van der Waals surface area contributed by atoms with Crippen molar-refractivity contribution in [3.05, 3.63) is 41.7 Å². The molecule has 0 fully saturated rings. The van der Waals surface area contributed by atoms with Crippen molar-refractivity contribution in [3.63, 3.8) is 0 Å². The average molecular weight is 318 g/mol. The second kappa shape index (κ2) is 7.89. The minimum Gasteiger partial charge on any atom is -0.352 e. The standard InChI is InChI=1S/C16H22N4OS/c1-4-12(2)17-15(21)11-20(3)16-18-14(19-22-16)10-13-8-6-5-7-9-13/h5-9,12H,4,10-11H2,1-3H3,(H,17,21)/t12-/m1/s1. The molecule has 2 aromatic rings. The monoisotopic (exact) mass is 318 g/mol. The first-order chi connectivity index (χ1) is 10.6. The van der Waals surface area contributed by atoms with Crippen LogP contribution in [-0.4, -0.2) is 34.9 Å².